The molecule has 1 aromatic rings. The third-order valence-electron chi connectivity index (χ3n) is 4.74. The van der Waals surface area contributed by atoms with Crippen molar-refractivity contribution in [3.8, 4) is 5.75 Å². The Hall–Kier alpha value is -1.02. The van der Waals surface area contributed by atoms with E-state index >= 15 is 0 Å². The molecule has 0 aromatic heterocycles. The molecular weight excluding hydrogens is 258 g/mol. The molecule has 2 unspecified atom stereocenters. The lowest BCUT2D eigenvalue weighted by molar-refractivity contribution is 0.356. The van der Waals surface area contributed by atoms with Gasteiger partial charge in [0.2, 0.25) is 0 Å². The van der Waals surface area contributed by atoms with Gasteiger partial charge in [0.1, 0.15) is 5.75 Å². The number of nitrogens with one attached hydrogen (secondary N) is 1. The topological polar surface area (TPSA) is 21.3 Å². The van der Waals surface area contributed by atoms with Crippen LogP contribution in [0.25, 0.3) is 0 Å². The summed E-state index contributed by atoms with van der Waals surface area (Å²) in [7, 11) is 1.76. The molecule has 0 spiro atoms. The summed E-state index contributed by atoms with van der Waals surface area (Å²) >= 11 is 0. The van der Waals surface area contributed by atoms with Crippen LogP contribution in [-0.2, 0) is 0 Å². The standard InChI is InChI=1S/C19H31NO/c1-13-11-18(21-6)14(2)10-17(13)16-9-7-8-15(16)12-20-19(3,4)5/h10-11,15-16,20H,7-9,12H2,1-6H3. The molecule has 0 saturated heterocycles. The first-order chi connectivity index (χ1) is 9.81. The zero-order valence-electron chi connectivity index (χ0n) is 14.5. The van der Waals surface area contributed by atoms with Crippen LogP contribution in [0.2, 0.25) is 0 Å². The number of hydrogen-bond acceptors (Lipinski definition) is 2. The molecule has 1 saturated carbocycles. The molecule has 2 rings (SSSR count). The van der Waals surface area contributed by atoms with Crippen molar-refractivity contribution in [2.75, 3.05) is 13.7 Å². The van der Waals surface area contributed by atoms with E-state index in [1.165, 1.54) is 36.0 Å². The van der Waals surface area contributed by atoms with Crippen LogP contribution in [0.4, 0.5) is 0 Å². The zero-order chi connectivity index (χ0) is 15.6. The van der Waals surface area contributed by atoms with Crippen molar-refractivity contribution in [2.45, 2.75) is 65.3 Å². The molecule has 1 fully saturated rings. The summed E-state index contributed by atoms with van der Waals surface area (Å²) in [5, 5.41) is 3.70. The van der Waals surface area contributed by atoms with Crippen LogP contribution in [-0.4, -0.2) is 19.2 Å². The van der Waals surface area contributed by atoms with Gasteiger partial charge in [0.25, 0.3) is 0 Å². The molecule has 2 atom stereocenters. The van der Waals surface area contributed by atoms with Crippen LogP contribution in [0.1, 0.15) is 62.6 Å². The lowest BCUT2D eigenvalue weighted by Crippen LogP contribution is -2.39. The third-order valence-corrected chi connectivity index (χ3v) is 4.74. The van der Waals surface area contributed by atoms with E-state index in [1.54, 1.807) is 7.11 Å². The zero-order valence-corrected chi connectivity index (χ0v) is 14.5. The van der Waals surface area contributed by atoms with Gasteiger partial charge in [-0.05, 0) is 88.6 Å². The predicted molar refractivity (Wildman–Crippen MR) is 90.3 cm³/mol. The fourth-order valence-corrected chi connectivity index (χ4v) is 3.56. The largest absolute Gasteiger partial charge is 0.496 e. The first-order valence-corrected chi connectivity index (χ1v) is 8.22. The van der Waals surface area contributed by atoms with Crippen molar-refractivity contribution in [2.24, 2.45) is 5.92 Å². The molecule has 0 bridgehead atoms. The Morgan fingerprint density at radius 1 is 1.14 bits per heavy atom. The maximum Gasteiger partial charge on any atom is 0.122 e. The number of benzene rings is 1. The van der Waals surface area contributed by atoms with E-state index in [4.69, 9.17) is 4.74 Å². The Bertz CT molecular complexity index is 487. The van der Waals surface area contributed by atoms with Gasteiger partial charge in [-0.25, -0.2) is 0 Å². The molecular formula is C19H31NO. The first-order valence-electron chi connectivity index (χ1n) is 8.22. The first kappa shape index (κ1) is 16.4. The van der Waals surface area contributed by atoms with Crippen LogP contribution in [0.5, 0.6) is 5.75 Å². The molecule has 1 aromatic carbocycles. The molecule has 0 radical (unpaired) electrons. The SMILES string of the molecule is COc1cc(C)c(C2CCCC2CNC(C)(C)C)cc1C. The maximum absolute atomic E-state index is 5.45. The molecule has 0 heterocycles. The van der Waals surface area contributed by atoms with Crippen LogP contribution in [0.3, 0.4) is 0 Å². The Morgan fingerprint density at radius 3 is 2.48 bits per heavy atom. The number of aryl methyl sites for hydroxylation is 2. The van der Waals surface area contributed by atoms with Crippen molar-refractivity contribution in [1.29, 1.82) is 0 Å². The second-order valence-electron chi connectivity index (χ2n) is 7.61. The highest BCUT2D eigenvalue weighted by Crippen LogP contribution is 2.42. The highest BCUT2D eigenvalue weighted by molar-refractivity contribution is 5.43. The van der Waals surface area contributed by atoms with E-state index in [0.717, 1.165) is 18.2 Å². The van der Waals surface area contributed by atoms with Gasteiger partial charge in [0.05, 0.1) is 7.11 Å². The van der Waals surface area contributed by atoms with Gasteiger partial charge in [-0.3, -0.25) is 0 Å². The van der Waals surface area contributed by atoms with Crippen molar-refractivity contribution >= 4 is 0 Å². The summed E-state index contributed by atoms with van der Waals surface area (Å²) in [5.74, 6) is 2.47. The van der Waals surface area contributed by atoms with E-state index in [0.29, 0.717) is 5.92 Å². The summed E-state index contributed by atoms with van der Waals surface area (Å²) in [5.41, 5.74) is 4.38. The van der Waals surface area contributed by atoms with Gasteiger partial charge in [-0.1, -0.05) is 12.5 Å². The van der Waals surface area contributed by atoms with Crippen molar-refractivity contribution < 1.29 is 4.74 Å². The van der Waals surface area contributed by atoms with E-state index in [2.05, 4.69) is 52.1 Å². The minimum Gasteiger partial charge on any atom is -0.496 e. The molecule has 0 aliphatic heterocycles. The van der Waals surface area contributed by atoms with E-state index in [-0.39, 0.29) is 5.54 Å². The molecule has 1 aliphatic carbocycles. The quantitative estimate of drug-likeness (QED) is 0.875. The number of methoxy groups -OCH3 is 1. The van der Waals surface area contributed by atoms with E-state index in [1.807, 2.05) is 0 Å². The molecule has 2 heteroatoms. The van der Waals surface area contributed by atoms with Crippen LogP contribution in [0.15, 0.2) is 12.1 Å². The second kappa shape index (κ2) is 6.39. The lowest BCUT2D eigenvalue weighted by atomic mass is 9.85. The van der Waals surface area contributed by atoms with Gasteiger partial charge in [-0.15, -0.1) is 0 Å². The average Bonchev–Trinajstić information content (AvgIpc) is 2.86. The number of rotatable bonds is 4. The highest BCUT2D eigenvalue weighted by Gasteiger charge is 2.30. The van der Waals surface area contributed by atoms with Crippen molar-refractivity contribution in [3.63, 3.8) is 0 Å². The minimum absolute atomic E-state index is 0.206. The molecule has 0 amide bonds. The average molecular weight is 289 g/mol. The number of ether oxygens (including phenoxy) is 1. The van der Waals surface area contributed by atoms with E-state index < -0.39 is 0 Å². The normalized spacial score (nSPS) is 22.6. The summed E-state index contributed by atoms with van der Waals surface area (Å²) in [6.45, 7) is 12.3. The fourth-order valence-electron chi connectivity index (χ4n) is 3.56. The lowest BCUT2D eigenvalue weighted by Gasteiger charge is -2.28. The molecule has 1 aliphatic rings. The van der Waals surface area contributed by atoms with Gasteiger partial charge in [0.15, 0.2) is 0 Å². The maximum atomic E-state index is 5.45. The van der Waals surface area contributed by atoms with Gasteiger partial charge in [-0.2, -0.15) is 0 Å². The molecule has 21 heavy (non-hydrogen) atoms. The highest BCUT2D eigenvalue weighted by atomic mass is 16.5. The summed E-state index contributed by atoms with van der Waals surface area (Å²) < 4.78 is 5.45. The van der Waals surface area contributed by atoms with E-state index in [9.17, 15) is 0 Å². The molecule has 118 valence electrons. The predicted octanol–water partition coefficient (Wildman–Crippen LogP) is 4.58. The summed E-state index contributed by atoms with van der Waals surface area (Å²) in [6.07, 6.45) is 4.02. The molecule has 1 N–H and O–H groups in total. The van der Waals surface area contributed by atoms with Crippen LogP contribution in [0, 0.1) is 19.8 Å². The van der Waals surface area contributed by atoms with Crippen LogP contribution >= 0.6 is 0 Å². The number of hydrogen-bond donors (Lipinski definition) is 1. The Balaban J connectivity index is 2.18. The monoisotopic (exact) mass is 289 g/mol. The van der Waals surface area contributed by atoms with Gasteiger partial charge < -0.3 is 10.1 Å². The van der Waals surface area contributed by atoms with Gasteiger partial charge in [0, 0.05) is 5.54 Å². The minimum atomic E-state index is 0.206. The third kappa shape index (κ3) is 4.00. The molecule has 2 nitrogen and oxygen atoms in total. The summed E-state index contributed by atoms with van der Waals surface area (Å²) in [6, 6.07) is 4.56. The smallest absolute Gasteiger partial charge is 0.122 e. The van der Waals surface area contributed by atoms with Gasteiger partial charge >= 0.3 is 0 Å². The Kier molecular flexibility index (Phi) is 4.98. The van der Waals surface area contributed by atoms with Crippen molar-refractivity contribution in [1.82, 2.24) is 5.32 Å². The van der Waals surface area contributed by atoms with Crippen molar-refractivity contribution in [3.05, 3.63) is 28.8 Å². The Labute approximate surface area is 130 Å². The summed E-state index contributed by atoms with van der Waals surface area (Å²) in [4.78, 5) is 0. The van der Waals surface area contributed by atoms with Crippen LogP contribution < -0.4 is 10.1 Å². The second-order valence-corrected chi connectivity index (χ2v) is 7.61. The fraction of sp³-hybridized carbons (Fsp3) is 0.684. The Morgan fingerprint density at radius 2 is 1.86 bits per heavy atom.